The van der Waals surface area contributed by atoms with E-state index >= 15 is 0 Å². The summed E-state index contributed by atoms with van der Waals surface area (Å²) in [5, 5.41) is 27.2. The number of hydrogen-bond acceptors (Lipinski definition) is 5. The van der Waals surface area contributed by atoms with Crippen molar-refractivity contribution in [1.29, 1.82) is 0 Å². The van der Waals surface area contributed by atoms with E-state index in [1.807, 2.05) is 0 Å². The highest BCUT2D eigenvalue weighted by molar-refractivity contribution is 6.42. The summed E-state index contributed by atoms with van der Waals surface area (Å²) < 4.78 is 1.49. The van der Waals surface area contributed by atoms with E-state index in [0.717, 1.165) is 5.56 Å². The van der Waals surface area contributed by atoms with Gasteiger partial charge >= 0.3 is 0 Å². The molecule has 0 aliphatic rings. The number of aliphatic hydroxyl groups excluding tert-OH is 2. The fourth-order valence-electron chi connectivity index (χ4n) is 1.83. The third kappa shape index (κ3) is 3.11. The molecule has 0 amide bonds. The summed E-state index contributed by atoms with van der Waals surface area (Å²) in [4.78, 5) is 0. The van der Waals surface area contributed by atoms with Gasteiger partial charge in [0.2, 0.25) is 0 Å². The van der Waals surface area contributed by atoms with Crippen molar-refractivity contribution < 1.29 is 10.2 Å². The Bertz CT molecular complexity index is 603. The molecule has 0 spiro atoms. The van der Waals surface area contributed by atoms with E-state index in [4.69, 9.17) is 34.0 Å². The maximum absolute atomic E-state index is 9.55. The Kier molecular flexibility index (Phi) is 4.95. The summed E-state index contributed by atoms with van der Waals surface area (Å²) in [5.74, 6) is 0. The summed E-state index contributed by atoms with van der Waals surface area (Å²) in [5.41, 5.74) is 7.62. The molecule has 1 heterocycles. The molecule has 0 fully saturated rings. The first-order chi connectivity index (χ1) is 9.56. The van der Waals surface area contributed by atoms with Crippen LogP contribution in [0.3, 0.4) is 0 Å². The van der Waals surface area contributed by atoms with Crippen molar-refractivity contribution in [2.75, 3.05) is 6.61 Å². The van der Waals surface area contributed by atoms with Crippen LogP contribution in [0.25, 0.3) is 11.3 Å². The molecule has 20 heavy (non-hydrogen) atoms. The van der Waals surface area contributed by atoms with E-state index in [1.54, 1.807) is 18.2 Å². The quantitative estimate of drug-likeness (QED) is 0.766. The van der Waals surface area contributed by atoms with E-state index in [-0.39, 0.29) is 19.7 Å². The number of halogens is 2. The fourth-order valence-corrected chi connectivity index (χ4v) is 2.13. The van der Waals surface area contributed by atoms with Gasteiger partial charge in [0.05, 0.1) is 35.0 Å². The van der Waals surface area contributed by atoms with E-state index in [9.17, 15) is 5.11 Å². The molecule has 1 unspecified atom stereocenters. The number of nitrogens with two attached hydrogens (primary N) is 1. The molecule has 1 atom stereocenters. The summed E-state index contributed by atoms with van der Waals surface area (Å²) in [7, 11) is 0. The largest absolute Gasteiger partial charge is 0.394 e. The van der Waals surface area contributed by atoms with Crippen molar-refractivity contribution in [3.63, 3.8) is 0 Å². The van der Waals surface area contributed by atoms with Crippen molar-refractivity contribution in [2.24, 2.45) is 5.73 Å². The first-order valence-electron chi connectivity index (χ1n) is 5.93. The van der Waals surface area contributed by atoms with Crippen LogP contribution in [0.1, 0.15) is 5.69 Å². The highest BCUT2D eigenvalue weighted by atomic mass is 35.5. The van der Waals surface area contributed by atoms with Crippen molar-refractivity contribution in [3.8, 4) is 11.3 Å². The summed E-state index contributed by atoms with van der Waals surface area (Å²) in [6.45, 7) is -0.0531. The summed E-state index contributed by atoms with van der Waals surface area (Å²) in [6.07, 6.45) is -0.927. The molecule has 4 N–H and O–H groups in total. The van der Waals surface area contributed by atoms with Crippen LogP contribution in [0, 0.1) is 0 Å². The SMILES string of the molecule is NCc1nnn(CC(O)CO)c1-c1ccc(Cl)c(Cl)c1. The lowest BCUT2D eigenvalue weighted by molar-refractivity contribution is 0.0782. The predicted molar refractivity (Wildman–Crippen MR) is 76.5 cm³/mol. The smallest absolute Gasteiger partial charge is 0.104 e. The average Bonchev–Trinajstić information content (AvgIpc) is 2.84. The van der Waals surface area contributed by atoms with Crippen LogP contribution in [-0.2, 0) is 13.1 Å². The van der Waals surface area contributed by atoms with Gasteiger partial charge in [-0.05, 0) is 12.1 Å². The minimum atomic E-state index is -0.927. The van der Waals surface area contributed by atoms with Crippen LogP contribution in [0.5, 0.6) is 0 Å². The van der Waals surface area contributed by atoms with Gasteiger partial charge < -0.3 is 15.9 Å². The molecule has 0 aliphatic heterocycles. The number of hydrogen-bond donors (Lipinski definition) is 3. The molecular formula is C12H14Cl2N4O2. The molecular weight excluding hydrogens is 303 g/mol. The summed E-state index contributed by atoms with van der Waals surface area (Å²) in [6, 6.07) is 5.12. The van der Waals surface area contributed by atoms with Crippen LogP contribution in [0.15, 0.2) is 18.2 Å². The van der Waals surface area contributed by atoms with Gasteiger partial charge in [-0.1, -0.05) is 34.5 Å². The molecule has 1 aromatic carbocycles. The first-order valence-corrected chi connectivity index (χ1v) is 6.69. The van der Waals surface area contributed by atoms with Gasteiger partial charge in [-0.3, -0.25) is 0 Å². The van der Waals surface area contributed by atoms with Gasteiger partial charge in [0.25, 0.3) is 0 Å². The minimum absolute atomic E-state index is 0.110. The Hall–Kier alpha value is -1.18. The van der Waals surface area contributed by atoms with Gasteiger partial charge in [0.15, 0.2) is 0 Å². The zero-order valence-corrected chi connectivity index (χ0v) is 12.0. The first kappa shape index (κ1) is 15.2. The molecule has 8 heteroatoms. The lowest BCUT2D eigenvalue weighted by Crippen LogP contribution is -2.21. The summed E-state index contributed by atoms with van der Waals surface area (Å²) >= 11 is 11.9. The number of aliphatic hydroxyl groups is 2. The van der Waals surface area contributed by atoms with E-state index in [0.29, 0.717) is 21.4 Å². The predicted octanol–water partition coefficient (Wildman–Crippen LogP) is 1.06. The Morgan fingerprint density at radius 2 is 2.05 bits per heavy atom. The second-order valence-electron chi connectivity index (χ2n) is 4.24. The lowest BCUT2D eigenvalue weighted by atomic mass is 10.1. The lowest BCUT2D eigenvalue weighted by Gasteiger charge is -2.11. The fraction of sp³-hybridized carbons (Fsp3) is 0.333. The monoisotopic (exact) mass is 316 g/mol. The van der Waals surface area contributed by atoms with Crippen LogP contribution in [-0.4, -0.2) is 37.9 Å². The van der Waals surface area contributed by atoms with Crippen LogP contribution in [0.2, 0.25) is 10.0 Å². The van der Waals surface area contributed by atoms with Crippen molar-refractivity contribution >= 4 is 23.2 Å². The maximum atomic E-state index is 9.55. The van der Waals surface area contributed by atoms with Crippen molar-refractivity contribution in [2.45, 2.75) is 19.2 Å². The molecule has 0 saturated heterocycles. The van der Waals surface area contributed by atoms with Crippen molar-refractivity contribution in [3.05, 3.63) is 33.9 Å². The van der Waals surface area contributed by atoms with Crippen molar-refractivity contribution in [1.82, 2.24) is 15.0 Å². The average molecular weight is 317 g/mol. The highest BCUT2D eigenvalue weighted by Crippen LogP contribution is 2.29. The Balaban J connectivity index is 2.47. The maximum Gasteiger partial charge on any atom is 0.104 e. The third-order valence-corrected chi connectivity index (χ3v) is 3.52. The number of aromatic nitrogens is 3. The molecule has 108 valence electrons. The molecule has 2 aromatic rings. The molecule has 0 radical (unpaired) electrons. The van der Waals surface area contributed by atoms with Crippen LogP contribution in [0.4, 0.5) is 0 Å². The Morgan fingerprint density at radius 1 is 1.30 bits per heavy atom. The number of benzene rings is 1. The molecule has 1 aromatic heterocycles. The van der Waals surface area contributed by atoms with E-state index < -0.39 is 6.10 Å². The molecule has 0 bridgehead atoms. The molecule has 0 saturated carbocycles. The Labute approximate surface area is 125 Å². The third-order valence-electron chi connectivity index (χ3n) is 2.79. The topological polar surface area (TPSA) is 97.2 Å². The minimum Gasteiger partial charge on any atom is -0.394 e. The second-order valence-corrected chi connectivity index (χ2v) is 5.05. The second kappa shape index (κ2) is 6.51. The van der Waals surface area contributed by atoms with Gasteiger partial charge in [0.1, 0.15) is 5.69 Å². The standard InChI is InChI=1S/C12H14Cl2N4O2/c13-9-2-1-7(3-10(9)14)12-11(4-15)16-17-18(12)5-8(20)6-19/h1-3,8,19-20H,4-6,15H2. The Morgan fingerprint density at radius 3 is 2.65 bits per heavy atom. The van der Waals surface area contributed by atoms with Gasteiger partial charge in [-0.25, -0.2) is 4.68 Å². The zero-order chi connectivity index (χ0) is 14.7. The van der Waals surface area contributed by atoms with Crippen LogP contribution >= 0.6 is 23.2 Å². The van der Waals surface area contributed by atoms with E-state index in [2.05, 4.69) is 10.3 Å². The molecule has 6 nitrogen and oxygen atoms in total. The number of rotatable bonds is 5. The zero-order valence-electron chi connectivity index (χ0n) is 10.5. The molecule has 2 rings (SSSR count). The van der Waals surface area contributed by atoms with Gasteiger partial charge in [-0.15, -0.1) is 5.10 Å². The van der Waals surface area contributed by atoms with Gasteiger partial charge in [-0.2, -0.15) is 0 Å². The molecule has 0 aliphatic carbocycles. The van der Waals surface area contributed by atoms with Gasteiger partial charge in [0, 0.05) is 12.1 Å². The van der Waals surface area contributed by atoms with Crippen LogP contribution < -0.4 is 5.73 Å². The highest BCUT2D eigenvalue weighted by Gasteiger charge is 2.17. The normalized spacial score (nSPS) is 12.7. The van der Waals surface area contributed by atoms with E-state index in [1.165, 1.54) is 4.68 Å². The number of nitrogens with zero attached hydrogens (tertiary/aromatic N) is 3.